The van der Waals surface area contributed by atoms with Crippen LogP contribution in [0.5, 0.6) is 0 Å². The van der Waals surface area contributed by atoms with Crippen LogP contribution in [0.2, 0.25) is 0 Å². The minimum Gasteiger partial charge on any atom is -0.465 e. The number of carbonyl (C=O) groups is 1. The zero-order valence-corrected chi connectivity index (χ0v) is 18.5. The number of aliphatic hydroxyl groups excluding tert-OH is 1. The average molecular weight is 398 g/mol. The van der Waals surface area contributed by atoms with Crippen LogP contribution in [-0.4, -0.2) is 34.7 Å². The molecule has 0 spiro atoms. The molecule has 0 saturated heterocycles. The maximum atomic E-state index is 13.1. The zero-order chi connectivity index (χ0) is 21.6. The Hall–Kier alpha value is -2.17. The van der Waals surface area contributed by atoms with Gasteiger partial charge in [-0.05, 0) is 37.3 Å². The Balaban J connectivity index is 2.58. The topological polar surface area (TPSA) is 49.8 Å². The highest BCUT2D eigenvalue weighted by atomic mass is 16.5. The number of carbonyl (C=O) groups excluding carboxylic acids is 1. The summed E-state index contributed by atoms with van der Waals surface area (Å²) in [5.74, 6) is -0.388. The molecule has 2 aromatic rings. The van der Waals surface area contributed by atoms with Crippen LogP contribution in [0.25, 0.3) is 0 Å². The lowest BCUT2D eigenvalue weighted by atomic mass is 9.82. The van der Waals surface area contributed by atoms with Gasteiger partial charge in [-0.3, -0.25) is 9.69 Å². The largest absolute Gasteiger partial charge is 0.465 e. The Bertz CT molecular complexity index is 709. The first-order chi connectivity index (χ1) is 13.7. The van der Waals surface area contributed by atoms with Gasteiger partial charge < -0.3 is 9.84 Å². The average Bonchev–Trinajstić information content (AvgIpc) is 2.71. The van der Waals surface area contributed by atoms with E-state index >= 15 is 0 Å². The van der Waals surface area contributed by atoms with Crippen LogP contribution < -0.4 is 0 Å². The van der Waals surface area contributed by atoms with Gasteiger partial charge in [0.1, 0.15) is 6.04 Å². The van der Waals surface area contributed by atoms with E-state index in [4.69, 9.17) is 4.74 Å². The van der Waals surface area contributed by atoms with E-state index in [-0.39, 0.29) is 24.7 Å². The zero-order valence-electron chi connectivity index (χ0n) is 18.5. The van der Waals surface area contributed by atoms with Crippen LogP contribution in [0.15, 0.2) is 60.7 Å². The lowest BCUT2D eigenvalue weighted by Crippen LogP contribution is -2.55. The molecule has 4 heteroatoms. The van der Waals surface area contributed by atoms with E-state index in [0.717, 1.165) is 11.1 Å². The van der Waals surface area contributed by atoms with E-state index in [1.807, 2.05) is 57.2 Å². The van der Waals surface area contributed by atoms with E-state index in [2.05, 4.69) is 43.0 Å². The number of hydrogen-bond acceptors (Lipinski definition) is 4. The van der Waals surface area contributed by atoms with Gasteiger partial charge in [0.05, 0.1) is 12.7 Å². The van der Waals surface area contributed by atoms with Crippen LogP contribution in [0.1, 0.15) is 64.8 Å². The summed E-state index contributed by atoms with van der Waals surface area (Å²) < 4.78 is 5.43. The third-order valence-corrected chi connectivity index (χ3v) is 5.49. The van der Waals surface area contributed by atoms with Crippen LogP contribution >= 0.6 is 0 Å². The molecule has 0 saturated carbocycles. The summed E-state index contributed by atoms with van der Waals surface area (Å²) in [7, 11) is 0. The van der Waals surface area contributed by atoms with Gasteiger partial charge in [-0.25, -0.2) is 0 Å². The van der Waals surface area contributed by atoms with Crippen molar-refractivity contribution < 1.29 is 14.6 Å². The fraction of sp³-hybridized carbons (Fsp3) is 0.480. The molecule has 0 amide bonds. The van der Waals surface area contributed by atoms with E-state index < -0.39 is 17.6 Å². The molecular formula is C25H35NO3. The summed E-state index contributed by atoms with van der Waals surface area (Å²) in [6.07, 6.45) is -0.890. The number of ether oxygens (including phenoxy) is 1. The van der Waals surface area contributed by atoms with Crippen molar-refractivity contribution in [3.05, 3.63) is 71.8 Å². The van der Waals surface area contributed by atoms with Crippen LogP contribution in [0.3, 0.4) is 0 Å². The van der Waals surface area contributed by atoms with E-state index in [9.17, 15) is 9.90 Å². The van der Waals surface area contributed by atoms with Crippen molar-refractivity contribution in [2.75, 3.05) is 6.61 Å². The van der Waals surface area contributed by atoms with Gasteiger partial charge in [0, 0.05) is 12.1 Å². The van der Waals surface area contributed by atoms with E-state index in [1.165, 1.54) is 0 Å². The predicted molar refractivity (Wildman–Crippen MR) is 117 cm³/mol. The Labute approximate surface area is 175 Å². The van der Waals surface area contributed by atoms with Gasteiger partial charge in [0.2, 0.25) is 0 Å². The maximum absolute atomic E-state index is 13.1. The summed E-state index contributed by atoms with van der Waals surface area (Å²) in [6.45, 7) is 12.1. The minimum atomic E-state index is -0.890. The number of esters is 1. The smallest absolute Gasteiger partial charge is 0.326 e. The molecule has 0 unspecified atom stereocenters. The van der Waals surface area contributed by atoms with Crippen molar-refractivity contribution in [3.8, 4) is 0 Å². The van der Waals surface area contributed by atoms with Crippen LogP contribution in [0, 0.1) is 5.41 Å². The molecule has 0 aliphatic rings. The summed E-state index contributed by atoms with van der Waals surface area (Å²) in [5, 5.41) is 11.3. The summed E-state index contributed by atoms with van der Waals surface area (Å²) in [5.41, 5.74) is 1.69. The molecule has 0 aromatic heterocycles. The molecule has 0 aliphatic heterocycles. The number of rotatable bonds is 8. The lowest BCUT2D eigenvalue weighted by Gasteiger charge is -2.44. The third-order valence-electron chi connectivity index (χ3n) is 5.49. The first-order valence-corrected chi connectivity index (χ1v) is 10.4. The summed E-state index contributed by atoms with van der Waals surface area (Å²) in [4.78, 5) is 15.2. The fourth-order valence-electron chi connectivity index (χ4n) is 3.74. The van der Waals surface area contributed by atoms with Gasteiger partial charge in [0.15, 0.2) is 0 Å². The Morgan fingerprint density at radius 3 is 1.69 bits per heavy atom. The third kappa shape index (κ3) is 5.68. The first kappa shape index (κ1) is 23.1. The number of hydrogen-bond donors (Lipinski definition) is 1. The standard InChI is InChI=1S/C25H35NO3/c1-7-29-24(28)22(23(27)25(4,5)6)26(18(2)20-14-10-8-11-15-20)19(3)21-16-12-9-13-17-21/h8-19,22-23,27H,7H2,1-6H3/t18-,19-,22-,23+/m1/s1. The monoisotopic (exact) mass is 397 g/mol. The molecule has 4 nitrogen and oxygen atoms in total. The lowest BCUT2D eigenvalue weighted by molar-refractivity contribution is -0.162. The van der Waals surface area contributed by atoms with Gasteiger partial charge in [0.25, 0.3) is 0 Å². The molecule has 4 atom stereocenters. The quantitative estimate of drug-likeness (QED) is 0.626. The van der Waals surface area contributed by atoms with Gasteiger partial charge in [-0.1, -0.05) is 81.4 Å². The normalized spacial score (nSPS) is 16.1. The number of aliphatic hydroxyl groups is 1. The van der Waals surface area contributed by atoms with Crippen molar-refractivity contribution in [1.82, 2.24) is 4.90 Å². The van der Waals surface area contributed by atoms with E-state index in [0.29, 0.717) is 0 Å². The van der Waals surface area contributed by atoms with Crippen molar-refractivity contribution in [3.63, 3.8) is 0 Å². The van der Waals surface area contributed by atoms with Crippen molar-refractivity contribution in [2.24, 2.45) is 5.41 Å². The van der Waals surface area contributed by atoms with Gasteiger partial charge >= 0.3 is 5.97 Å². The Morgan fingerprint density at radius 2 is 1.34 bits per heavy atom. The number of nitrogens with zero attached hydrogens (tertiary/aromatic N) is 1. The summed E-state index contributed by atoms with van der Waals surface area (Å²) in [6, 6.07) is 19.2. The second-order valence-electron chi connectivity index (χ2n) is 8.63. The maximum Gasteiger partial charge on any atom is 0.326 e. The number of benzene rings is 2. The first-order valence-electron chi connectivity index (χ1n) is 10.4. The Morgan fingerprint density at radius 1 is 0.931 bits per heavy atom. The molecule has 0 radical (unpaired) electrons. The molecule has 2 aromatic carbocycles. The second-order valence-corrected chi connectivity index (χ2v) is 8.63. The predicted octanol–water partition coefficient (Wildman–Crippen LogP) is 5.15. The molecule has 1 N–H and O–H groups in total. The summed E-state index contributed by atoms with van der Waals surface area (Å²) >= 11 is 0. The highest BCUT2D eigenvalue weighted by Gasteiger charge is 2.44. The highest BCUT2D eigenvalue weighted by Crippen LogP contribution is 2.37. The molecule has 0 bridgehead atoms. The van der Waals surface area contributed by atoms with E-state index in [1.54, 1.807) is 6.92 Å². The molecule has 2 rings (SSSR count). The van der Waals surface area contributed by atoms with Gasteiger partial charge in [-0.15, -0.1) is 0 Å². The van der Waals surface area contributed by atoms with Crippen molar-refractivity contribution in [2.45, 2.75) is 65.8 Å². The molecule has 0 heterocycles. The van der Waals surface area contributed by atoms with Crippen molar-refractivity contribution in [1.29, 1.82) is 0 Å². The van der Waals surface area contributed by atoms with Crippen LogP contribution in [0.4, 0.5) is 0 Å². The fourth-order valence-corrected chi connectivity index (χ4v) is 3.74. The van der Waals surface area contributed by atoms with Gasteiger partial charge in [-0.2, -0.15) is 0 Å². The second kappa shape index (κ2) is 10.0. The molecule has 29 heavy (non-hydrogen) atoms. The molecule has 158 valence electrons. The van der Waals surface area contributed by atoms with Crippen molar-refractivity contribution >= 4 is 5.97 Å². The minimum absolute atomic E-state index is 0.0992. The molecular weight excluding hydrogens is 362 g/mol. The molecule has 0 fully saturated rings. The van der Waals surface area contributed by atoms with Crippen LogP contribution in [-0.2, 0) is 9.53 Å². The Kier molecular flexibility index (Phi) is 8.00. The highest BCUT2D eigenvalue weighted by molar-refractivity contribution is 5.77. The SMILES string of the molecule is CCOC(=O)[C@@H]([C@H](O)C(C)(C)C)N([C@H](C)c1ccccc1)[C@H](C)c1ccccc1. The molecule has 0 aliphatic carbocycles.